The normalized spacial score (nSPS) is 10.0. The maximum absolute atomic E-state index is 11.3. The van der Waals surface area contributed by atoms with E-state index in [0.29, 0.717) is 39.1 Å². The highest BCUT2D eigenvalue weighted by atomic mass is 16.5. The predicted octanol–water partition coefficient (Wildman–Crippen LogP) is -2.20. The van der Waals surface area contributed by atoms with Crippen LogP contribution in [0.3, 0.4) is 0 Å². The first-order valence-corrected chi connectivity index (χ1v) is 6.28. The minimum Gasteiger partial charge on any atom is -0.466 e. The number of esters is 1. The zero-order valence-electron chi connectivity index (χ0n) is 11.3. The summed E-state index contributed by atoms with van der Waals surface area (Å²) in [6.07, 6.45) is 1.55. The Balaban J connectivity index is 0. The van der Waals surface area contributed by atoms with Crippen molar-refractivity contribution in [2.45, 2.75) is 19.3 Å². The van der Waals surface area contributed by atoms with Gasteiger partial charge < -0.3 is 20.1 Å². The van der Waals surface area contributed by atoms with Gasteiger partial charge >= 0.3 is 5.97 Å². The molecule has 0 spiro atoms. The topological polar surface area (TPSA) is 142 Å². The summed E-state index contributed by atoms with van der Waals surface area (Å²) in [5.41, 5.74) is 0. The maximum atomic E-state index is 11.3. The van der Waals surface area contributed by atoms with E-state index in [0.717, 1.165) is 0 Å². The van der Waals surface area contributed by atoms with Crippen molar-refractivity contribution < 1.29 is 24.9 Å². The van der Waals surface area contributed by atoms with Gasteiger partial charge in [0.15, 0.2) is 0 Å². The largest absolute Gasteiger partial charge is 0.466 e. The molecule has 0 amide bonds. The molecule has 8 heteroatoms. The van der Waals surface area contributed by atoms with Gasteiger partial charge in [-0.05, 0) is 12.8 Å². The Morgan fingerprint density at radius 3 is 2.00 bits per heavy atom. The van der Waals surface area contributed by atoms with Crippen LogP contribution in [-0.2, 0) is 9.53 Å². The SMILES string of the molecule is NN.O=C(CCN(CCO)CCO)OCCCCO. The summed E-state index contributed by atoms with van der Waals surface area (Å²) in [6, 6.07) is 0. The van der Waals surface area contributed by atoms with Gasteiger partial charge in [-0.15, -0.1) is 0 Å². The van der Waals surface area contributed by atoms with E-state index in [1.165, 1.54) is 0 Å². The van der Waals surface area contributed by atoms with Crippen LogP contribution in [0.25, 0.3) is 0 Å². The fraction of sp³-hybridized carbons (Fsp3) is 0.909. The number of hydrogen-bond acceptors (Lipinski definition) is 8. The fourth-order valence-corrected chi connectivity index (χ4v) is 1.34. The van der Waals surface area contributed by atoms with Gasteiger partial charge in [0.25, 0.3) is 0 Å². The minimum atomic E-state index is -0.288. The van der Waals surface area contributed by atoms with E-state index in [-0.39, 0.29) is 32.2 Å². The van der Waals surface area contributed by atoms with Crippen LogP contribution in [0.4, 0.5) is 0 Å². The Morgan fingerprint density at radius 1 is 0.947 bits per heavy atom. The number of hydrazine groups is 1. The van der Waals surface area contributed by atoms with Crippen LogP contribution in [0.2, 0.25) is 0 Å². The first kappa shape index (κ1) is 20.5. The zero-order valence-corrected chi connectivity index (χ0v) is 11.3. The van der Waals surface area contributed by atoms with Gasteiger partial charge in [-0.25, -0.2) is 0 Å². The number of nitrogens with zero attached hydrogens (tertiary/aromatic N) is 1. The molecular formula is C11H27N3O5. The fourth-order valence-electron chi connectivity index (χ4n) is 1.34. The number of carbonyl (C=O) groups excluding carboxylic acids is 1. The summed E-state index contributed by atoms with van der Waals surface area (Å²) in [4.78, 5) is 13.1. The highest BCUT2D eigenvalue weighted by molar-refractivity contribution is 5.69. The van der Waals surface area contributed by atoms with Crippen molar-refractivity contribution in [3.8, 4) is 0 Å². The third-order valence-corrected chi connectivity index (χ3v) is 2.28. The molecule has 0 saturated carbocycles. The van der Waals surface area contributed by atoms with Gasteiger partial charge in [0, 0.05) is 26.2 Å². The molecule has 0 aliphatic carbocycles. The van der Waals surface area contributed by atoms with Crippen molar-refractivity contribution in [1.82, 2.24) is 4.90 Å². The lowest BCUT2D eigenvalue weighted by atomic mass is 10.3. The predicted molar refractivity (Wildman–Crippen MR) is 70.9 cm³/mol. The van der Waals surface area contributed by atoms with Crippen molar-refractivity contribution in [1.29, 1.82) is 0 Å². The second-order valence-corrected chi connectivity index (χ2v) is 3.69. The number of hydrogen-bond donors (Lipinski definition) is 5. The summed E-state index contributed by atoms with van der Waals surface area (Å²) >= 11 is 0. The van der Waals surface area contributed by atoms with Crippen molar-refractivity contribution in [2.24, 2.45) is 11.7 Å². The van der Waals surface area contributed by atoms with Gasteiger partial charge in [-0.2, -0.15) is 0 Å². The second kappa shape index (κ2) is 17.2. The molecule has 0 heterocycles. The van der Waals surface area contributed by atoms with E-state index in [1.54, 1.807) is 4.90 Å². The molecule has 0 aromatic rings. The maximum Gasteiger partial charge on any atom is 0.307 e. The van der Waals surface area contributed by atoms with E-state index in [1.807, 2.05) is 0 Å². The molecule has 0 aliphatic heterocycles. The molecule has 0 fully saturated rings. The number of carbonyl (C=O) groups is 1. The van der Waals surface area contributed by atoms with Gasteiger partial charge in [-0.1, -0.05) is 0 Å². The average Bonchev–Trinajstić information content (AvgIpc) is 2.44. The number of ether oxygens (including phenoxy) is 1. The molecule has 0 unspecified atom stereocenters. The molecule has 0 aromatic heterocycles. The van der Waals surface area contributed by atoms with Crippen LogP contribution in [0.1, 0.15) is 19.3 Å². The summed E-state index contributed by atoms with van der Waals surface area (Å²) in [5.74, 6) is 7.71. The van der Waals surface area contributed by atoms with Crippen LogP contribution >= 0.6 is 0 Å². The number of rotatable bonds is 11. The van der Waals surface area contributed by atoms with E-state index >= 15 is 0 Å². The molecule has 0 bridgehead atoms. The standard InChI is InChI=1S/C11H23NO5.H4N2/c13-7-1-2-10-17-11(16)3-4-12(5-8-14)6-9-15;1-2/h13-15H,1-10H2;1-2H2. The van der Waals surface area contributed by atoms with E-state index in [2.05, 4.69) is 11.7 Å². The molecule has 0 saturated heterocycles. The van der Waals surface area contributed by atoms with E-state index in [9.17, 15) is 4.79 Å². The molecule has 19 heavy (non-hydrogen) atoms. The monoisotopic (exact) mass is 281 g/mol. The molecule has 0 atom stereocenters. The number of aliphatic hydroxyl groups is 3. The average molecular weight is 281 g/mol. The Morgan fingerprint density at radius 2 is 1.53 bits per heavy atom. The highest BCUT2D eigenvalue weighted by Crippen LogP contribution is 1.96. The lowest BCUT2D eigenvalue weighted by molar-refractivity contribution is -0.144. The molecule has 0 rings (SSSR count). The lowest BCUT2D eigenvalue weighted by Gasteiger charge is -2.19. The number of nitrogens with two attached hydrogens (primary N) is 2. The molecule has 0 aromatic carbocycles. The molecule has 8 nitrogen and oxygen atoms in total. The molecular weight excluding hydrogens is 254 g/mol. The summed E-state index contributed by atoms with van der Waals surface area (Å²) in [6.45, 7) is 1.81. The summed E-state index contributed by atoms with van der Waals surface area (Å²) in [5, 5.41) is 26.1. The first-order chi connectivity index (χ1) is 9.24. The lowest BCUT2D eigenvalue weighted by Crippen LogP contribution is -2.32. The summed E-state index contributed by atoms with van der Waals surface area (Å²) in [7, 11) is 0. The van der Waals surface area contributed by atoms with Crippen LogP contribution in [0.15, 0.2) is 0 Å². The van der Waals surface area contributed by atoms with Crippen molar-refractivity contribution in [3.63, 3.8) is 0 Å². The van der Waals surface area contributed by atoms with Crippen LogP contribution < -0.4 is 11.7 Å². The van der Waals surface area contributed by atoms with Crippen molar-refractivity contribution >= 4 is 5.97 Å². The zero-order chi connectivity index (χ0) is 14.9. The minimum absolute atomic E-state index is 0.00550. The van der Waals surface area contributed by atoms with Crippen LogP contribution in [0, 0.1) is 0 Å². The Hall–Kier alpha value is -0.770. The molecule has 7 N–H and O–H groups in total. The molecule has 116 valence electrons. The highest BCUT2D eigenvalue weighted by Gasteiger charge is 2.08. The van der Waals surface area contributed by atoms with Crippen molar-refractivity contribution in [2.75, 3.05) is 46.1 Å². The first-order valence-electron chi connectivity index (χ1n) is 6.28. The number of aliphatic hydroxyl groups excluding tert-OH is 3. The Labute approximate surface area is 113 Å². The Bertz CT molecular complexity index is 189. The Kier molecular flexibility index (Phi) is 18.6. The second-order valence-electron chi connectivity index (χ2n) is 3.69. The van der Waals surface area contributed by atoms with Gasteiger partial charge in [-0.3, -0.25) is 21.4 Å². The van der Waals surface area contributed by atoms with Crippen LogP contribution in [-0.4, -0.2) is 72.3 Å². The quantitative estimate of drug-likeness (QED) is 0.124. The van der Waals surface area contributed by atoms with Gasteiger partial charge in [0.1, 0.15) is 0 Å². The summed E-state index contributed by atoms with van der Waals surface area (Å²) < 4.78 is 4.95. The number of unbranched alkanes of at least 4 members (excludes halogenated alkanes) is 1. The molecule has 0 radical (unpaired) electrons. The smallest absolute Gasteiger partial charge is 0.307 e. The van der Waals surface area contributed by atoms with E-state index < -0.39 is 0 Å². The third kappa shape index (κ3) is 15.2. The van der Waals surface area contributed by atoms with Crippen LogP contribution in [0.5, 0.6) is 0 Å². The third-order valence-electron chi connectivity index (χ3n) is 2.28. The van der Waals surface area contributed by atoms with Gasteiger partial charge in [0.2, 0.25) is 0 Å². The van der Waals surface area contributed by atoms with Crippen molar-refractivity contribution in [3.05, 3.63) is 0 Å². The van der Waals surface area contributed by atoms with Gasteiger partial charge in [0.05, 0.1) is 26.2 Å². The molecule has 0 aliphatic rings. The van der Waals surface area contributed by atoms with E-state index in [4.69, 9.17) is 20.1 Å².